The van der Waals surface area contributed by atoms with Gasteiger partial charge >= 0.3 is 0 Å². The van der Waals surface area contributed by atoms with Crippen molar-refractivity contribution in [3.8, 4) is 0 Å². The van der Waals surface area contributed by atoms with E-state index in [1.54, 1.807) is 12.1 Å². The molecule has 110 valence electrons. The van der Waals surface area contributed by atoms with Gasteiger partial charge in [0.15, 0.2) is 0 Å². The molecule has 0 amide bonds. The van der Waals surface area contributed by atoms with Gasteiger partial charge in [0.2, 0.25) is 0 Å². The molecule has 1 aliphatic rings. The number of hydrogen-bond acceptors (Lipinski definition) is 4. The Morgan fingerprint density at radius 1 is 1.60 bits per heavy atom. The predicted molar refractivity (Wildman–Crippen MR) is 77.5 cm³/mol. The van der Waals surface area contributed by atoms with Gasteiger partial charge in [-0.3, -0.25) is 10.1 Å². The van der Waals surface area contributed by atoms with Gasteiger partial charge in [0.1, 0.15) is 0 Å². The number of nitro groups is 1. The van der Waals surface area contributed by atoms with Gasteiger partial charge in [0.25, 0.3) is 5.69 Å². The van der Waals surface area contributed by atoms with Gasteiger partial charge in [-0.2, -0.15) is 0 Å². The van der Waals surface area contributed by atoms with Gasteiger partial charge in [-0.25, -0.2) is 0 Å². The van der Waals surface area contributed by atoms with Gasteiger partial charge in [0, 0.05) is 36.2 Å². The molecular weight excluding hydrogens is 256 g/mol. The predicted octanol–water partition coefficient (Wildman–Crippen LogP) is 2.80. The molecule has 0 saturated heterocycles. The zero-order chi connectivity index (χ0) is 14.8. The monoisotopic (exact) mass is 278 g/mol. The van der Waals surface area contributed by atoms with Crippen LogP contribution in [-0.4, -0.2) is 22.7 Å². The van der Waals surface area contributed by atoms with E-state index in [0.29, 0.717) is 0 Å². The summed E-state index contributed by atoms with van der Waals surface area (Å²) < 4.78 is 0. The first kappa shape index (κ1) is 14.9. The van der Waals surface area contributed by atoms with E-state index >= 15 is 0 Å². The number of benzene rings is 1. The summed E-state index contributed by atoms with van der Waals surface area (Å²) in [6, 6.07) is 7.01. The van der Waals surface area contributed by atoms with Crippen molar-refractivity contribution >= 4 is 5.69 Å². The number of nitro benzene ring substituents is 1. The maximum Gasteiger partial charge on any atom is 0.269 e. The Balaban J connectivity index is 2.10. The molecule has 20 heavy (non-hydrogen) atoms. The first-order valence-corrected chi connectivity index (χ1v) is 7.07. The van der Waals surface area contributed by atoms with Gasteiger partial charge in [0.05, 0.1) is 4.92 Å². The first-order valence-electron chi connectivity index (χ1n) is 7.07. The van der Waals surface area contributed by atoms with E-state index in [1.165, 1.54) is 6.07 Å². The number of aliphatic hydroxyl groups is 1. The van der Waals surface area contributed by atoms with Crippen LogP contribution in [0.15, 0.2) is 24.3 Å². The third-order valence-corrected chi connectivity index (χ3v) is 4.48. The van der Waals surface area contributed by atoms with Crippen LogP contribution in [0.5, 0.6) is 0 Å². The quantitative estimate of drug-likeness (QED) is 0.641. The lowest BCUT2D eigenvalue weighted by Gasteiger charge is -2.32. The average Bonchev–Trinajstić information content (AvgIpc) is 2.81. The van der Waals surface area contributed by atoms with Gasteiger partial charge < -0.3 is 10.4 Å². The fourth-order valence-electron chi connectivity index (χ4n) is 3.01. The van der Waals surface area contributed by atoms with Crippen LogP contribution in [0.1, 0.15) is 44.7 Å². The summed E-state index contributed by atoms with van der Waals surface area (Å²) in [7, 11) is 0. The Morgan fingerprint density at radius 2 is 2.35 bits per heavy atom. The Morgan fingerprint density at radius 3 is 3.00 bits per heavy atom. The highest BCUT2D eigenvalue weighted by Crippen LogP contribution is 2.38. The zero-order valence-electron chi connectivity index (χ0n) is 12.0. The van der Waals surface area contributed by atoms with Crippen molar-refractivity contribution in [1.82, 2.24) is 5.32 Å². The molecule has 0 bridgehead atoms. The van der Waals surface area contributed by atoms with E-state index < -0.39 is 0 Å². The molecule has 1 saturated carbocycles. The summed E-state index contributed by atoms with van der Waals surface area (Å²) in [5.74, 6) is 0. The maximum absolute atomic E-state index is 10.8. The number of nitrogens with one attached hydrogen (secondary N) is 1. The second-order valence-corrected chi connectivity index (χ2v) is 6.00. The normalized spacial score (nSPS) is 27.4. The molecule has 1 aliphatic carbocycles. The van der Waals surface area contributed by atoms with Crippen LogP contribution in [0.4, 0.5) is 5.69 Å². The molecule has 5 nitrogen and oxygen atoms in total. The Hall–Kier alpha value is -1.46. The van der Waals surface area contributed by atoms with Gasteiger partial charge in [-0.1, -0.05) is 25.5 Å². The van der Waals surface area contributed by atoms with E-state index in [1.807, 2.05) is 13.0 Å². The summed E-state index contributed by atoms with van der Waals surface area (Å²) in [5, 5.41) is 23.9. The fraction of sp³-hybridized carbons (Fsp3) is 0.600. The van der Waals surface area contributed by atoms with E-state index in [9.17, 15) is 15.2 Å². The molecule has 1 aromatic rings. The zero-order valence-corrected chi connectivity index (χ0v) is 12.0. The molecule has 1 fully saturated rings. The lowest BCUT2D eigenvalue weighted by atomic mass is 9.85. The highest BCUT2D eigenvalue weighted by molar-refractivity contribution is 5.35. The smallest absolute Gasteiger partial charge is 0.269 e. The van der Waals surface area contributed by atoms with E-state index in [0.717, 1.165) is 24.8 Å². The van der Waals surface area contributed by atoms with Crippen LogP contribution >= 0.6 is 0 Å². The molecule has 0 radical (unpaired) electrons. The molecule has 3 unspecified atom stereocenters. The van der Waals surface area contributed by atoms with Crippen molar-refractivity contribution in [1.29, 1.82) is 0 Å². The summed E-state index contributed by atoms with van der Waals surface area (Å²) in [5.41, 5.74) is 0.938. The minimum absolute atomic E-state index is 0.0314. The van der Waals surface area contributed by atoms with Crippen molar-refractivity contribution < 1.29 is 10.0 Å². The molecule has 0 aromatic heterocycles. The Labute approximate surface area is 119 Å². The average molecular weight is 278 g/mol. The molecular formula is C15H22N2O3. The summed E-state index contributed by atoms with van der Waals surface area (Å²) in [6.45, 7) is 4.28. The molecule has 1 aromatic carbocycles. The third-order valence-electron chi connectivity index (χ3n) is 4.48. The standard InChI is InChI=1S/C15H22N2O3/c1-11(12-5-3-6-13(9-12)17(19)20)16-14-7-4-8-15(14,2)10-18/h3,5-6,9,11,14,16,18H,4,7-8,10H2,1-2H3. The van der Waals surface area contributed by atoms with Gasteiger partial charge in [-0.05, 0) is 25.3 Å². The summed E-state index contributed by atoms with van der Waals surface area (Å²) in [6.07, 6.45) is 3.16. The van der Waals surface area contributed by atoms with Crippen LogP contribution in [-0.2, 0) is 0 Å². The van der Waals surface area contributed by atoms with Crippen LogP contribution in [0, 0.1) is 15.5 Å². The Kier molecular flexibility index (Phi) is 4.40. The molecule has 0 heterocycles. The first-order chi connectivity index (χ1) is 9.46. The van der Waals surface area contributed by atoms with Crippen LogP contribution in [0.2, 0.25) is 0 Å². The van der Waals surface area contributed by atoms with Crippen molar-refractivity contribution in [2.45, 2.75) is 45.2 Å². The van der Waals surface area contributed by atoms with Crippen molar-refractivity contribution in [2.75, 3.05) is 6.61 Å². The number of non-ortho nitro benzene ring substituents is 1. The molecule has 2 rings (SSSR count). The minimum atomic E-state index is -0.371. The maximum atomic E-state index is 10.8. The minimum Gasteiger partial charge on any atom is -0.396 e. The molecule has 5 heteroatoms. The van der Waals surface area contributed by atoms with Crippen LogP contribution < -0.4 is 5.32 Å². The third kappa shape index (κ3) is 2.99. The largest absolute Gasteiger partial charge is 0.396 e. The van der Waals surface area contributed by atoms with E-state index in [2.05, 4.69) is 12.2 Å². The van der Waals surface area contributed by atoms with E-state index in [-0.39, 0.29) is 34.7 Å². The number of nitrogens with zero attached hydrogens (tertiary/aromatic N) is 1. The summed E-state index contributed by atoms with van der Waals surface area (Å²) >= 11 is 0. The topological polar surface area (TPSA) is 75.4 Å². The molecule has 0 spiro atoms. The lowest BCUT2D eigenvalue weighted by molar-refractivity contribution is -0.384. The number of hydrogen-bond donors (Lipinski definition) is 2. The van der Waals surface area contributed by atoms with Gasteiger partial charge in [-0.15, -0.1) is 0 Å². The van der Waals surface area contributed by atoms with Crippen molar-refractivity contribution in [3.63, 3.8) is 0 Å². The molecule has 3 atom stereocenters. The number of rotatable bonds is 5. The second-order valence-electron chi connectivity index (χ2n) is 6.00. The summed E-state index contributed by atoms with van der Waals surface area (Å²) in [4.78, 5) is 10.5. The van der Waals surface area contributed by atoms with Crippen molar-refractivity contribution in [3.05, 3.63) is 39.9 Å². The fourth-order valence-corrected chi connectivity index (χ4v) is 3.01. The molecule has 2 N–H and O–H groups in total. The number of aliphatic hydroxyl groups excluding tert-OH is 1. The second kappa shape index (κ2) is 5.89. The highest BCUT2D eigenvalue weighted by Gasteiger charge is 2.38. The lowest BCUT2D eigenvalue weighted by Crippen LogP contribution is -2.42. The van der Waals surface area contributed by atoms with Crippen LogP contribution in [0.25, 0.3) is 0 Å². The van der Waals surface area contributed by atoms with E-state index in [4.69, 9.17) is 0 Å². The highest BCUT2D eigenvalue weighted by atomic mass is 16.6. The Bertz CT molecular complexity index is 492. The molecule has 0 aliphatic heterocycles. The SMILES string of the molecule is CC(NC1CCCC1(C)CO)c1cccc([N+](=O)[O-])c1. The van der Waals surface area contributed by atoms with Crippen molar-refractivity contribution in [2.24, 2.45) is 5.41 Å². The van der Waals surface area contributed by atoms with Crippen LogP contribution in [0.3, 0.4) is 0 Å².